The number of benzene rings is 5. The van der Waals surface area contributed by atoms with Gasteiger partial charge in [-0.2, -0.15) is 0 Å². The van der Waals surface area contributed by atoms with E-state index in [4.69, 9.17) is 19.5 Å². The highest BCUT2D eigenvalue weighted by Gasteiger charge is 2.27. The SMILES string of the molecule is Cc1cc(/C=N/C2CCCCC2/N=C/c2cc(C)cc(COCP(=Nc3ccccc3)(c3ccccc3)c3ccccc3)c2O)c(O)c(CO)c1. The van der Waals surface area contributed by atoms with Crippen LogP contribution in [0.1, 0.15) is 59.1 Å². The van der Waals surface area contributed by atoms with Crippen molar-refractivity contribution in [3.63, 3.8) is 0 Å². The first-order chi connectivity index (χ1) is 24.9. The Balaban J connectivity index is 1.25. The number of phenols is 2. The van der Waals surface area contributed by atoms with Crippen molar-refractivity contribution in [3.05, 3.63) is 149 Å². The Labute approximate surface area is 301 Å². The molecular weight excluding hydrogens is 653 g/mol. The average Bonchev–Trinajstić information content (AvgIpc) is 3.16. The fraction of sp³-hybridized carbons (Fsp3) is 0.256. The summed E-state index contributed by atoms with van der Waals surface area (Å²) in [6.07, 6.45) is 7.73. The maximum atomic E-state index is 11.5. The number of aliphatic hydroxyl groups excluding tert-OH is 1. The molecule has 0 radical (unpaired) electrons. The van der Waals surface area contributed by atoms with E-state index >= 15 is 0 Å². The summed E-state index contributed by atoms with van der Waals surface area (Å²) in [5.41, 5.74) is 5.27. The first kappa shape index (κ1) is 36.0. The third-order valence-corrected chi connectivity index (χ3v) is 12.8. The lowest BCUT2D eigenvalue weighted by Crippen LogP contribution is -2.27. The van der Waals surface area contributed by atoms with Crippen LogP contribution in [0, 0.1) is 13.8 Å². The number of rotatable bonds is 12. The predicted octanol–water partition coefficient (Wildman–Crippen LogP) is 8.71. The monoisotopic (exact) mass is 699 g/mol. The molecule has 0 saturated heterocycles. The third-order valence-electron chi connectivity index (χ3n) is 9.34. The Hall–Kier alpha value is -4.81. The fourth-order valence-electron chi connectivity index (χ4n) is 6.76. The van der Waals surface area contributed by atoms with Crippen molar-refractivity contribution in [1.82, 2.24) is 0 Å². The van der Waals surface area contributed by atoms with E-state index in [1.807, 2.05) is 98.8 Å². The normalized spacial score (nSPS) is 16.5. The molecule has 0 aromatic heterocycles. The van der Waals surface area contributed by atoms with Gasteiger partial charge in [-0.25, -0.2) is 0 Å². The zero-order valence-corrected chi connectivity index (χ0v) is 30.2. The summed E-state index contributed by atoms with van der Waals surface area (Å²) in [5.74, 6) is 0.215. The van der Waals surface area contributed by atoms with Crippen molar-refractivity contribution in [2.24, 2.45) is 14.7 Å². The maximum Gasteiger partial charge on any atom is 0.129 e. The molecule has 1 aliphatic carbocycles. The number of nitrogens with zero attached hydrogens (tertiary/aromatic N) is 3. The molecule has 7 nitrogen and oxygen atoms in total. The van der Waals surface area contributed by atoms with E-state index in [1.54, 1.807) is 18.5 Å². The molecule has 5 aromatic carbocycles. The number of aryl methyl sites for hydroxylation is 2. The minimum atomic E-state index is -2.42. The second-order valence-corrected chi connectivity index (χ2v) is 16.2. The van der Waals surface area contributed by atoms with Gasteiger partial charge in [-0.05, 0) is 72.7 Å². The molecule has 0 heterocycles. The van der Waals surface area contributed by atoms with Gasteiger partial charge < -0.3 is 20.1 Å². The topological polar surface area (TPSA) is 107 Å². The molecule has 2 atom stereocenters. The summed E-state index contributed by atoms with van der Waals surface area (Å²) in [6, 6.07) is 38.3. The lowest BCUT2D eigenvalue weighted by molar-refractivity contribution is 0.163. The molecular formula is C43H46N3O4P. The van der Waals surface area contributed by atoms with Gasteiger partial charge in [-0.15, -0.1) is 0 Å². The van der Waals surface area contributed by atoms with Gasteiger partial charge in [0.25, 0.3) is 0 Å². The molecule has 8 heteroatoms. The lowest BCUT2D eigenvalue weighted by atomic mass is 9.91. The molecule has 51 heavy (non-hydrogen) atoms. The van der Waals surface area contributed by atoms with Crippen LogP contribution >= 0.6 is 7.05 Å². The Kier molecular flexibility index (Phi) is 12.0. The third kappa shape index (κ3) is 8.74. The molecule has 1 aliphatic rings. The number of aliphatic hydroxyl groups is 1. The van der Waals surface area contributed by atoms with E-state index in [9.17, 15) is 15.3 Å². The van der Waals surface area contributed by atoms with E-state index in [0.29, 0.717) is 28.6 Å². The highest BCUT2D eigenvalue weighted by atomic mass is 31.2. The minimum Gasteiger partial charge on any atom is -0.507 e. The molecule has 2 unspecified atom stereocenters. The molecule has 1 saturated carbocycles. The Morgan fingerprint density at radius 3 is 1.65 bits per heavy atom. The van der Waals surface area contributed by atoms with Crippen LogP contribution < -0.4 is 10.6 Å². The molecule has 5 aromatic rings. The number of hydrogen-bond acceptors (Lipinski definition) is 7. The summed E-state index contributed by atoms with van der Waals surface area (Å²) < 4.78 is 12.0. The van der Waals surface area contributed by atoms with E-state index in [2.05, 4.69) is 24.3 Å². The van der Waals surface area contributed by atoms with Gasteiger partial charge in [0, 0.05) is 34.7 Å². The number of hydrogen-bond donors (Lipinski definition) is 3. The molecule has 3 N–H and O–H groups in total. The first-order valence-electron chi connectivity index (χ1n) is 17.5. The zero-order chi connectivity index (χ0) is 35.6. The van der Waals surface area contributed by atoms with Gasteiger partial charge in [0.2, 0.25) is 0 Å². The summed E-state index contributed by atoms with van der Waals surface area (Å²) in [7, 11) is -2.42. The van der Waals surface area contributed by atoms with Crippen molar-refractivity contribution < 1.29 is 20.1 Å². The van der Waals surface area contributed by atoms with Crippen LogP contribution in [0.5, 0.6) is 11.5 Å². The van der Waals surface area contributed by atoms with Gasteiger partial charge in [0.15, 0.2) is 0 Å². The zero-order valence-electron chi connectivity index (χ0n) is 29.3. The van der Waals surface area contributed by atoms with Crippen molar-refractivity contribution in [1.29, 1.82) is 0 Å². The van der Waals surface area contributed by atoms with E-state index < -0.39 is 7.05 Å². The largest absolute Gasteiger partial charge is 0.507 e. The van der Waals surface area contributed by atoms with E-state index in [0.717, 1.165) is 53.1 Å². The van der Waals surface area contributed by atoms with Crippen molar-refractivity contribution in [3.8, 4) is 11.5 Å². The van der Waals surface area contributed by atoms with Crippen LogP contribution in [0.25, 0.3) is 0 Å². The number of ether oxygens (including phenoxy) is 1. The molecule has 1 fully saturated rings. The van der Waals surface area contributed by atoms with Gasteiger partial charge >= 0.3 is 0 Å². The summed E-state index contributed by atoms with van der Waals surface area (Å²) >= 11 is 0. The Bertz CT molecular complexity index is 1990. The van der Waals surface area contributed by atoms with Crippen LogP contribution in [-0.2, 0) is 18.0 Å². The van der Waals surface area contributed by atoms with Crippen LogP contribution in [0.4, 0.5) is 5.69 Å². The number of aliphatic imine (C=N–C) groups is 2. The Morgan fingerprint density at radius 1 is 0.667 bits per heavy atom. The highest BCUT2D eigenvalue weighted by molar-refractivity contribution is 7.80. The fourth-order valence-corrected chi connectivity index (χ4v) is 9.86. The lowest BCUT2D eigenvalue weighted by Gasteiger charge is -2.26. The van der Waals surface area contributed by atoms with Crippen LogP contribution in [0.15, 0.2) is 130 Å². The second-order valence-electron chi connectivity index (χ2n) is 13.2. The van der Waals surface area contributed by atoms with Crippen molar-refractivity contribution in [2.75, 3.05) is 6.35 Å². The quantitative estimate of drug-likeness (QED) is 0.0895. The van der Waals surface area contributed by atoms with Crippen LogP contribution in [-0.4, -0.2) is 46.2 Å². The smallest absolute Gasteiger partial charge is 0.129 e. The standard InChI is InChI=1S/C43H46N3O4P/c1-31-22-33(42(48)35(24-31)28-47)26-44-40-20-12-13-21-41(40)45-27-34-23-32(2)25-36(43(34)49)29-50-30-51(38-16-8-4-9-17-38,39-18-10-5-11-19-39)46-37-14-6-3-7-15-37/h3-11,14-19,22-27,40-41,47-49H,12-13,20-21,28-30H2,1-2H3/b44-26+,45-27+. The summed E-state index contributed by atoms with van der Waals surface area (Å²) in [6.45, 7) is 3.93. The van der Waals surface area contributed by atoms with Gasteiger partial charge in [0.05, 0.1) is 44.4 Å². The minimum absolute atomic E-state index is 0.0522. The van der Waals surface area contributed by atoms with Crippen molar-refractivity contribution >= 4 is 35.8 Å². The Morgan fingerprint density at radius 2 is 1.14 bits per heavy atom. The van der Waals surface area contributed by atoms with Crippen LogP contribution in [0.3, 0.4) is 0 Å². The number of phenolic OH excluding ortho intramolecular Hbond substituents is 1. The van der Waals surface area contributed by atoms with Crippen LogP contribution in [0.2, 0.25) is 0 Å². The average molecular weight is 700 g/mol. The second kappa shape index (κ2) is 16.9. The highest BCUT2D eigenvalue weighted by Crippen LogP contribution is 2.50. The summed E-state index contributed by atoms with van der Waals surface area (Å²) in [4.78, 5) is 9.81. The molecule has 262 valence electrons. The van der Waals surface area contributed by atoms with Crippen molar-refractivity contribution in [2.45, 2.75) is 64.8 Å². The molecule has 6 rings (SSSR count). The molecule has 0 aliphatic heterocycles. The van der Waals surface area contributed by atoms with Gasteiger partial charge in [-0.3, -0.25) is 14.7 Å². The van der Waals surface area contributed by atoms with Gasteiger partial charge in [-0.1, -0.05) is 104 Å². The summed E-state index contributed by atoms with van der Waals surface area (Å²) in [5, 5.41) is 34.0. The first-order valence-corrected chi connectivity index (χ1v) is 19.5. The maximum absolute atomic E-state index is 11.5. The van der Waals surface area contributed by atoms with E-state index in [-0.39, 0.29) is 36.8 Å². The van der Waals surface area contributed by atoms with Gasteiger partial charge in [0.1, 0.15) is 11.5 Å². The number of aromatic hydroxyl groups is 2. The van der Waals surface area contributed by atoms with E-state index in [1.165, 1.54) is 0 Å². The molecule has 0 spiro atoms. The molecule has 0 amide bonds. The molecule has 0 bridgehead atoms. The predicted molar refractivity (Wildman–Crippen MR) is 210 cm³/mol.